The van der Waals surface area contributed by atoms with E-state index >= 15 is 0 Å². The molecule has 1 amide bonds. The van der Waals surface area contributed by atoms with E-state index in [1.54, 1.807) is 0 Å². The summed E-state index contributed by atoms with van der Waals surface area (Å²) in [5, 5.41) is 13.4. The van der Waals surface area contributed by atoms with Crippen molar-refractivity contribution in [3.05, 3.63) is 69.2 Å². The number of ether oxygens (including phenoxy) is 2. The molecule has 14 heteroatoms. The van der Waals surface area contributed by atoms with Crippen molar-refractivity contribution in [3.63, 3.8) is 0 Å². The maximum absolute atomic E-state index is 12.7. The molecular formula is C19H16ClN5O7S. The van der Waals surface area contributed by atoms with Crippen LogP contribution in [-0.2, 0) is 10.0 Å². The Balaban J connectivity index is 1.76. The average Bonchev–Trinajstić information content (AvgIpc) is 2.78. The van der Waals surface area contributed by atoms with E-state index in [-0.39, 0.29) is 38.9 Å². The van der Waals surface area contributed by atoms with Gasteiger partial charge in [0.2, 0.25) is 5.88 Å². The second-order valence-electron chi connectivity index (χ2n) is 6.29. The molecule has 2 N–H and O–H groups in total. The summed E-state index contributed by atoms with van der Waals surface area (Å²) in [5.74, 6) is -0.607. The summed E-state index contributed by atoms with van der Waals surface area (Å²) < 4.78 is 37.5. The molecule has 0 unspecified atom stereocenters. The Morgan fingerprint density at radius 2 is 1.76 bits per heavy atom. The summed E-state index contributed by atoms with van der Waals surface area (Å²) in [6, 6.07) is 10.0. The lowest BCUT2D eigenvalue weighted by Crippen LogP contribution is -2.15. The molecule has 3 rings (SSSR count). The van der Waals surface area contributed by atoms with Gasteiger partial charge in [-0.1, -0.05) is 11.6 Å². The molecule has 0 fully saturated rings. The van der Waals surface area contributed by atoms with Crippen molar-refractivity contribution >= 4 is 44.7 Å². The average molecular weight is 494 g/mol. The van der Waals surface area contributed by atoms with Crippen LogP contribution in [0.15, 0.2) is 53.4 Å². The molecule has 33 heavy (non-hydrogen) atoms. The third-order valence-electron chi connectivity index (χ3n) is 4.14. The number of rotatable bonds is 8. The molecule has 12 nitrogen and oxygen atoms in total. The number of halogens is 1. The van der Waals surface area contributed by atoms with Gasteiger partial charge in [-0.2, -0.15) is 9.97 Å². The number of sulfonamides is 1. The molecule has 1 aromatic heterocycles. The number of nitro benzene ring substituents is 1. The lowest BCUT2D eigenvalue weighted by atomic mass is 10.2. The van der Waals surface area contributed by atoms with Crippen LogP contribution >= 0.6 is 11.6 Å². The van der Waals surface area contributed by atoms with Gasteiger partial charge in [0.1, 0.15) is 5.02 Å². The standard InChI is InChI=1S/C19H16ClN5O7S/c1-31-17-10-16(22-19(23-17)32-2)24-33(29,30)13-6-4-12(5-7-13)21-18(26)11-3-8-14(20)15(9-11)25(27)28/h3-10H,1-2H3,(H,21,26)(H,22,23,24). The first-order valence-electron chi connectivity index (χ1n) is 8.98. The Bertz CT molecular complexity index is 1290. The Kier molecular flexibility index (Phi) is 6.94. The van der Waals surface area contributed by atoms with Crippen molar-refractivity contribution in [2.75, 3.05) is 24.3 Å². The molecule has 0 atom stereocenters. The van der Waals surface area contributed by atoms with Crippen LogP contribution in [0.2, 0.25) is 5.02 Å². The van der Waals surface area contributed by atoms with Crippen molar-refractivity contribution in [1.82, 2.24) is 9.97 Å². The van der Waals surface area contributed by atoms with Gasteiger partial charge in [-0.3, -0.25) is 19.6 Å². The number of carbonyl (C=O) groups is 1. The lowest BCUT2D eigenvalue weighted by molar-refractivity contribution is -0.384. The number of nitrogens with zero attached hydrogens (tertiary/aromatic N) is 3. The molecule has 1 heterocycles. The van der Waals surface area contributed by atoms with E-state index in [4.69, 9.17) is 21.1 Å². The molecule has 2 aromatic carbocycles. The van der Waals surface area contributed by atoms with E-state index in [9.17, 15) is 23.3 Å². The molecular weight excluding hydrogens is 478 g/mol. The Labute approximate surface area is 192 Å². The maximum atomic E-state index is 12.7. The van der Waals surface area contributed by atoms with Crippen LogP contribution in [0.1, 0.15) is 10.4 Å². The predicted molar refractivity (Wildman–Crippen MR) is 118 cm³/mol. The highest BCUT2D eigenvalue weighted by atomic mass is 35.5. The van der Waals surface area contributed by atoms with E-state index in [1.807, 2.05) is 0 Å². The molecule has 0 aliphatic heterocycles. The summed E-state index contributed by atoms with van der Waals surface area (Å²) in [4.78, 5) is 30.4. The highest BCUT2D eigenvalue weighted by Gasteiger charge is 2.19. The van der Waals surface area contributed by atoms with Crippen molar-refractivity contribution in [3.8, 4) is 11.9 Å². The third-order valence-corrected chi connectivity index (χ3v) is 5.83. The van der Waals surface area contributed by atoms with Gasteiger partial charge >= 0.3 is 6.01 Å². The van der Waals surface area contributed by atoms with Crippen molar-refractivity contribution in [2.24, 2.45) is 0 Å². The minimum absolute atomic E-state index is 0.0103. The number of benzene rings is 2. The third kappa shape index (κ3) is 5.64. The summed E-state index contributed by atoms with van der Waals surface area (Å²) in [5.41, 5.74) is -0.132. The zero-order valence-corrected chi connectivity index (χ0v) is 18.7. The van der Waals surface area contributed by atoms with Gasteiger partial charge in [0.25, 0.3) is 21.6 Å². The minimum Gasteiger partial charge on any atom is -0.481 e. The number of amides is 1. The normalized spacial score (nSPS) is 10.9. The zero-order valence-electron chi connectivity index (χ0n) is 17.1. The lowest BCUT2D eigenvalue weighted by Gasteiger charge is -2.10. The van der Waals surface area contributed by atoms with Gasteiger partial charge in [-0.15, -0.1) is 0 Å². The molecule has 172 valence electrons. The predicted octanol–water partition coefficient (Wildman–Crippen LogP) is 3.11. The number of hydrogen-bond acceptors (Lipinski definition) is 9. The SMILES string of the molecule is COc1cc(NS(=O)(=O)c2ccc(NC(=O)c3ccc(Cl)c([N+](=O)[O-])c3)cc2)nc(OC)n1. The van der Waals surface area contributed by atoms with E-state index in [2.05, 4.69) is 20.0 Å². The van der Waals surface area contributed by atoms with Crippen LogP contribution in [0, 0.1) is 10.1 Å². The van der Waals surface area contributed by atoms with Crippen LogP contribution in [-0.4, -0.2) is 43.4 Å². The van der Waals surface area contributed by atoms with Crippen LogP contribution in [0.4, 0.5) is 17.2 Å². The first kappa shape index (κ1) is 23.7. The van der Waals surface area contributed by atoms with Crippen molar-refractivity contribution < 1.29 is 27.6 Å². The van der Waals surface area contributed by atoms with Gasteiger partial charge in [0.15, 0.2) is 5.82 Å². The maximum Gasteiger partial charge on any atom is 0.321 e. The second-order valence-corrected chi connectivity index (χ2v) is 8.38. The van der Waals surface area contributed by atoms with Gasteiger partial charge in [0.05, 0.1) is 24.0 Å². The molecule has 0 aliphatic rings. The van der Waals surface area contributed by atoms with Crippen LogP contribution in [0.3, 0.4) is 0 Å². The van der Waals surface area contributed by atoms with Gasteiger partial charge < -0.3 is 14.8 Å². The molecule has 3 aromatic rings. The van der Waals surface area contributed by atoms with Crippen molar-refractivity contribution in [2.45, 2.75) is 4.90 Å². The number of anilines is 2. The molecule has 0 saturated heterocycles. The summed E-state index contributed by atoms with van der Waals surface area (Å²) in [6.07, 6.45) is 0. The van der Waals surface area contributed by atoms with Crippen molar-refractivity contribution in [1.29, 1.82) is 0 Å². The van der Waals surface area contributed by atoms with E-state index in [0.717, 1.165) is 6.07 Å². The van der Waals surface area contributed by atoms with Crippen LogP contribution < -0.4 is 19.5 Å². The number of carbonyl (C=O) groups excluding carboxylic acids is 1. The Morgan fingerprint density at radius 1 is 1.06 bits per heavy atom. The second kappa shape index (κ2) is 9.67. The molecule has 0 saturated carbocycles. The Morgan fingerprint density at radius 3 is 2.36 bits per heavy atom. The van der Waals surface area contributed by atoms with Crippen LogP contribution in [0.25, 0.3) is 0 Å². The number of hydrogen-bond donors (Lipinski definition) is 2. The summed E-state index contributed by atoms with van der Waals surface area (Å²) in [6.45, 7) is 0. The topological polar surface area (TPSA) is 163 Å². The minimum atomic E-state index is -4.03. The first-order chi connectivity index (χ1) is 15.6. The van der Waals surface area contributed by atoms with Gasteiger partial charge in [-0.05, 0) is 36.4 Å². The van der Waals surface area contributed by atoms with E-state index in [0.29, 0.717) is 0 Å². The largest absolute Gasteiger partial charge is 0.481 e. The van der Waals surface area contributed by atoms with Crippen LogP contribution in [0.5, 0.6) is 11.9 Å². The number of aromatic nitrogens is 2. The summed E-state index contributed by atoms with van der Waals surface area (Å²) >= 11 is 5.75. The summed E-state index contributed by atoms with van der Waals surface area (Å²) in [7, 11) is -1.36. The number of nitro groups is 1. The van der Waals surface area contributed by atoms with Gasteiger partial charge in [0, 0.05) is 23.4 Å². The number of methoxy groups -OCH3 is 2. The van der Waals surface area contributed by atoms with E-state index < -0.39 is 26.5 Å². The fourth-order valence-electron chi connectivity index (χ4n) is 2.56. The Hall–Kier alpha value is -3.97. The molecule has 0 radical (unpaired) electrons. The van der Waals surface area contributed by atoms with E-state index in [1.165, 1.54) is 56.7 Å². The fourth-order valence-corrected chi connectivity index (χ4v) is 3.74. The smallest absolute Gasteiger partial charge is 0.321 e. The quantitative estimate of drug-likeness (QED) is 0.354. The highest BCUT2D eigenvalue weighted by Crippen LogP contribution is 2.26. The molecule has 0 aliphatic carbocycles. The zero-order chi connectivity index (χ0) is 24.2. The molecule has 0 bridgehead atoms. The van der Waals surface area contributed by atoms with Gasteiger partial charge in [-0.25, -0.2) is 8.42 Å². The molecule has 0 spiro atoms. The first-order valence-corrected chi connectivity index (χ1v) is 10.8. The monoisotopic (exact) mass is 493 g/mol. The highest BCUT2D eigenvalue weighted by molar-refractivity contribution is 7.92. The number of nitrogens with one attached hydrogen (secondary N) is 2. The fraction of sp³-hybridized carbons (Fsp3) is 0.105.